The summed E-state index contributed by atoms with van der Waals surface area (Å²) in [6, 6.07) is 63.3. The predicted octanol–water partition coefficient (Wildman–Crippen LogP) is 13.9. The van der Waals surface area contributed by atoms with Crippen molar-refractivity contribution in [1.82, 2.24) is 0 Å². The topological polar surface area (TPSA) is 6.48 Å². The van der Waals surface area contributed by atoms with Gasteiger partial charge in [0.2, 0.25) is 0 Å². The van der Waals surface area contributed by atoms with E-state index in [9.17, 15) is 0 Å². The predicted molar refractivity (Wildman–Crippen MR) is 221 cm³/mol. The minimum atomic E-state index is 0.445. The van der Waals surface area contributed by atoms with E-state index in [1.807, 2.05) is 0 Å². The molecular weight excluding hydrogens is 629 g/mol. The monoisotopic (exact) mass is 666 g/mol. The highest BCUT2D eigenvalue weighted by molar-refractivity contribution is 6.00. The van der Waals surface area contributed by atoms with Gasteiger partial charge in [0.1, 0.15) is 0 Å². The van der Waals surface area contributed by atoms with Gasteiger partial charge in [-0.2, -0.15) is 0 Å². The Kier molecular flexibility index (Phi) is 8.40. The van der Waals surface area contributed by atoms with Crippen molar-refractivity contribution in [1.29, 1.82) is 0 Å². The van der Waals surface area contributed by atoms with E-state index in [-0.39, 0.29) is 0 Å². The average Bonchev–Trinajstić information content (AvgIpc) is 3.22. The lowest BCUT2D eigenvalue weighted by molar-refractivity contribution is 0.783. The molecule has 0 aromatic heterocycles. The van der Waals surface area contributed by atoms with Crippen LogP contribution in [0.5, 0.6) is 0 Å². The average molecular weight is 667 g/mol. The third-order valence-corrected chi connectivity index (χ3v) is 10.1. The number of para-hydroxylation sites is 2. The molecule has 0 radical (unpaired) electrons. The molecular formula is C50H38N2. The summed E-state index contributed by atoms with van der Waals surface area (Å²) < 4.78 is 0. The first-order valence-corrected chi connectivity index (χ1v) is 18.0. The van der Waals surface area contributed by atoms with Gasteiger partial charge in [-0.1, -0.05) is 146 Å². The molecule has 0 N–H and O–H groups in total. The largest absolute Gasteiger partial charge is 0.310 e. The highest BCUT2D eigenvalue weighted by atomic mass is 15.2. The lowest BCUT2D eigenvalue weighted by Gasteiger charge is -2.30. The molecule has 0 bridgehead atoms. The summed E-state index contributed by atoms with van der Waals surface area (Å²) in [6.45, 7) is 0. The van der Waals surface area contributed by atoms with E-state index in [2.05, 4.69) is 222 Å². The molecule has 2 aliphatic carbocycles. The molecule has 0 saturated heterocycles. The zero-order chi connectivity index (χ0) is 34.7. The van der Waals surface area contributed by atoms with E-state index < -0.39 is 0 Å². The highest BCUT2D eigenvalue weighted by Crippen LogP contribution is 2.44. The zero-order valence-electron chi connectivity index (χ0n) is 28.9. The number of fused-ring (bicyclic) bond motifs is 2. The molecule has 0 amide bonds. The number of hydrogen-bond donors (Lipinski definition) is 0. The molecule has 7 aromatic rings. The van der Waals surface area contributed by atoms with Crippen LogP contribution in [0.2, 0.25) is 0 Å². The van der Waals surface area contributed by atoms with E-state index in [0.29, 0.717) is 5.92 Å². The Hall–Kier alpha value is -6.64. The van der Waals surface area contributed by atoms with Crippen LogP contribution >= 0.6 is 0 Å². The Morgan fingerprint density at radius 1 is 0.442 bits per heavy atom. The lowest BCUT2D eigenvalue weighted by atomic mass is 9.83. The van der Waals surface area contributed by atoms with E-state index >= 15 is 0 Å². The van der Waals surface area contributed by atoms with E-state index in [1.165, 1.54) is 38.6 Å². The van der Waals surface area contributed by atoms with Crippen LogP contribution in [0.3, 0.4) is 0 Å². The summed E-state index contributed by atoms with van der Waals surface area (Å²) in [7, 11) is 0. The quantitative estimate of drug-likeness (QED) is 0.159. The SMILES string of the molecule is C1=CC2=CC(c3cc(N(c4cccc(-c5ccccc5)c4)c4cccc(N(c5ccccc5)c5ccccc5)c4)cc4ccccc34)=CCC2C=C1. The summed E-state index contributed by atoms with van der Waals surface area (Å²) in [5, 5.41) is 2.47. The number of anilines is 6. The van der Waals surface area contributed by atoms with E-state index in [4.69, 9.17) is 0 Å². The number of nitrogens with zero attached hydrogens (tertiary/aromatic N) is 2. The summed E-state index contributed by atoms with van der Waals surface area (Å²) in [5.41, 5.74) is 12.9. The molecule has 9 rings (SSSR count). The fourth-order valence-corrected chi connectivity index (χ4v) is 7.59. The van der Waals surface area contributed by atoms with Crippen molar-refractivity contribution < 1.29 is 0 Å². The Morgan fingerprint density at radius 3 is 1.75 bits per heavy atom. The van der Waals surface area contributed by atoms with E-state index in [0.717, 1.165) is 40.5 Å². The van der Waals surface area contributed by atoms with Crippen LogP contribution in [0.4, 0.5) is 34.1 Å². The second-order valence-corrected chi connectivity index (χ2v) is 13.4. The Balaban J connectivity index is 1.25. The second-order valence-electron chi connectivity index (χ2n) is 13.4. The maximum absolute atomic E-state index is 2.42. The molecule has 2 aliphatic rings. The standard InChI is InChI=1S/C50H38N2/c1-4-16-37(17-5-1)40-21-14-26-45(33-40)52(47-28-15-27-46(35-47)51(43-22-6-2-7-23-43)44-24-8-3-9-25-44)48-34-41-20-12-13-29-49(41)50(36-48)42-31-30-38-18-10-11-19-39(38)32-42/h1-29,31-36,38H,30H2. The van der Waals surface area contributed by atoms with Crippen molar-refractivity contribution >= 4 is 50.5 Å². The van der Waals surface area contributed by atoms with Crippen LogP contribution in [0, 0.1) is 5.92 Å². The van der Waals surface area contributed by atoms with Crippen LogP contribution in [0.25, 0.3) is 27.5 Å². The first kappa shape index (κ1) is 31.3. The molecule has 2 nitrogen and oxygen atoms in total. The Bertz CT molecular complexity index is 2450. The third kappa shape index (κ3) is 6.16. The molecule has 0 saturated carbocycles. The lowest BCUT2D eigenvalue weighted by Crippen LogP contribution is -2.13. The zero-order valence-corrected chi connectivity index (χ0v) is 28.9. The first-order valence-electron chi connectivity index (χ1n) is 18.0. The number of allylic oxidation sites excluding steroid dienone is 8. The molecule has 1 unspecified atom stereocenters. The molecule has 0 heterocycles. The van der Waals surface area contributed by atoms with Gasteiger partial charge in [-0.05, 0) is 112 Å². The summed E-state index contributed by atoms with van der Waals surface area (Å²) in [5.74, 6) is 0.445. The first-order chi connectivity index (χ1) is 25.8. The van der Waals surface area contributed by atoms with Crippen molar-refractivity contribution in [3.8, 4) is 11.1 Å². The molecule has 0 aliphatic heterocycles. The minimum absolute atomic E-state index is 0.445. The molecule has 1 atom stereocenters. The van der Waals surface area contributed by atoms with Gasteiger partial charge < -0.3 is 9.80 Å². The van der Waals surface area contributed by atoms with Gasteiger partial charge in [0.05, 0.1) is 0 Å². The van der Waals surface area contributed by atoms with Gasteiger partial charge in [-0.3, -0.25) is 0 Å². The Labute approximate surface area is 306 Å². The molecule has 0 fully saturated rings. The fourth-order valence-electron chi connectivity index (χ4n) is 7.59. The van der Waals surface area contributed by atoms with Crippen LogP contribution in [0.1, 0.15) is 12.0 Å². The van der Waals surface area contributed by atoms with Crippen molar-refractivity contribution in [3.63, 3.8) is 0 Å². The Morgan fingerprint density at radius 2 is 1.02 bits per heavy atom. The van der Waals surface area contributed by atoms with E-state index in [1.54, 1.807) is 0 Å². The molecule has 248 valence electrons. The molecule has 52 heavy (non-hydrogen) atoms. The number of benzene rings is 7. The summed E-state index contributed by atoms with van der Waals surface area (Å²) in [4.78, 5) is 4.75. The van der Waals surface area contributed by atoms with Gasteiger partial charge in [0.15, 0.2) is 0 Å². The highest BCUT2D eigenvalue weighted by Gasteiger charge is 2.21. The molecule has 2 heteroatoms. The maximum atomic E-state index is 2.42. The summed E-state index contributed by atoms with van der Waals surface area (Å²) in [6.07, 6.45) is 14.7. The van der Waals surface area contributed by atoms with Crippen molar-refractivity contribution in [2.24, 2.45) is 5.92 Å². The van der Waals surface area contributed by atoms with Crippen molar-refractivity contribution in [2.75, 3.05) is 9.80 Å². The molecule has 0 spiro atoms. The van der Waals surface area contributed by atoms with Gasteiger partial charge in [0, 0.05) is 40.0 Å². The number of rotatable bonds is 8. The minimum Gasteiger partial charge on any atom is -0.310 e. The van der Waals surface area contributed by atoms with Gasteiger partial charge >= 0.3 is 0 Å². The van der Waals surface area contributed by atoms with Gasteiger partial charge in [0.25, 0.3) is 0 Å². The maximum Gasteiger partial charge on any atom is 0.0482 e. The second kappa shape index (κ2) is 13.9. The van der Waals surface area contributed by atoms with Gasteiger partial charge in [-0.15, -0.1) is 0 Å². The van der Waals surface area contributed by atoms with Gasteiger partial charge in [-0.25, -0.2) is 0 Å². The molecule has 7 aromatic carbocycles. The van der Waals surface area contributed by atoms with Crippen LogP contribution in [-0.4, -0.2) is 0 Å². The fraction of sp³-hybridized carbons (Fsp3) is 0.0400. The normalized spacial score (nSPS) is 14.7. The third-order valence-electron chi connectivity index (χ3n) is 10.1. The smallest absolute Gasteiger partial charge is 0.0482 e. The summed E-state index contributed by atoms with van der Waals surface area (Å²) >= 11 is 0. The number of hydrogen-bond acceptors (Lipinski definition) is 2. The van der Waals surface area contributed by atoms with Crippen LogP contribution in [-0.2, 0) is 0 Å². The van der Waals surface area contributed by atoms with Crippen LogP contribution in [0.15, 0.2) is 218 Å². The van der Waals surface area contributed by atoms with Crippen molar-refractivity contribution in [2.45, 2.75) is 6.42 Å². The van der Waals surface area contributed by atoms with Crippen molar-refractivity contribution in [3.05, 3.63) is 224 Å². The van der Waals surface area contributed by atoms with Crippen LogP contribution < -0.4 is 9.80 Å².